The molecule has 2 amide bonds. The zero-order valence-electron chi connectivity index (χ0n) is 18.8. The lowest BCUT2D eigenvalue weighted by Crippen LogP contribution is -2.47. The highest BCUT2D eigenvalue weighted by Gasteiger charge is 2.18. The van der Waals surface area contributed by atoms with Crippen LogP contribution in [-0.2, 0) is 0 Å². The number of hydrogen-bond acceptors (Lipinski definition) is 4. The second kappa shape index (κ2) is 13.5. The van der Waals surface area contributed by atoms with Gasteiger partial charge in [-0.25, -0.2) is 0 Å². The van der Waals surface area contributed by atoms with Crippen molar-refractivity contribution < 1.29 is 9.59 Å². The van der Waals surface area contributed by atoms with E-state index in [1.165, 1.54) is 0 Å². The molecule has 34 heavy (non-hydrogen) atoms. The predicted octanol–water partition coefficient (Wildman–Crippen LogP) is 4.86. The molecular weight excluding hydrogens is 518 g/mol. The fourth-order valence-corrected chi connectivity index (χ4v) is 4.99. The van der Waals surface area contributed by atoms with E-state index in [-0.39, 0.29) is 11.8 Å². The lowest BCUT2D eigenvalue weighted by molar-refractivity contribution is 0.0935. The Morgan fingerprint density at radius 3 is 1.29 bits per heavy atom. The Kier molecular flexibility index (Phi) is 10.8. The van der Waals surface area contributed by atoms with Gasteiger partial charge in [0.15, 0.2) is 0 Å². The first-order valence-corrected chi connectivity index (χ1v) is 12.8. The fraction of sp³-hybridized carbons (Fsp3) is 0.417. The SMILES string of the molecule is O=C(NCCCN1CCN(CCCNC(=O)c2c(Cl)cccc2Cl)CC1)c1c(Cl)cccc1Cl. The number of amides is 2. The van der Waals surface area contributed by atoms with Gasteiger partial charge in [-0.3, -0.25) is 9.59 Å². The molecule has 0 spiro atoms. The molecule has 3 rings (SSSR count). The van der Waals surface area contributed by atoms with Crippen LogP contribution in [0.3, 0.4) is 0 Å². The molecule has 1 fully saturated rings. The van der Waals surface area contributed by atoms with Gasteiger partial charge in [0.1, 0.15) is 0 Å². The van der Waals surface area contributed by atoms with E-state index < -0.39 is 0 Å². The zero-order valence-corrected chi connectivity index (χ0v) is 21.8. The van der Waals surface area contributed by atoms with Gasteiger partial charge in [-0.1, -0.05) is 58.5 Å². The van der Waals surface area contributed by atoms with Gasteiger partial charge >= 0.3 is 0 Å². The number of piperazine rings is 1. The number of carbonyl (C=O) groups is 2. The normalized spacial score (nSPS) is 14.7. The first-order chi connectivity index (χ1) is 16.4. The number of carbonyl (C=O) groups excluding carboxylic acids is 2. The van der Waals surface area contributed by atoms with E-state index in [9.17, 15) is 9.59 Å². The van der Waals surface area contributed by atoms with Crippen LogP contribution < -0.4 is 10.6 Å². The van der Waals surface area contributed by atoms with Crippen LogP contribution in [-0.4, -0.2) is 74.0 Å². The molecule has 2 aromatic carbocycles. The van der Waals surface area contributed by atoms with Gasteiger partial charge in [-0.2, -0.15) is 0 Å². The third kappa shape index (κ3) is 7.74. The highest BCUT2D eigenvalue weighted by Crippen LogP contribution is 2.24. The predicted molar refractivity (Wildman–Crippen MR) is 140 cm³/mol. The standard InChI is InChI=1S/C24H28Cl4N4O2/c25-17-5-1-6-18(26)21(17)23(33)29-9-3-11-31-13-15-32(16-14-31)12-4-10-30-24(34)22-19(27)7-2-8-20(22)28/h1-2,5-8H,3-4,9-16H2,(H,29,33)(H,30,34). The van der Waals surface area contributed by atoms with Crippen molar-refractivity contribution in [2.75, 3.05) is 52.4 Å². The molecule has 0 atom stereocenters. The number of nitrogens with zero attached hydrogens (tertiary/aromatic N) is 2. The molecule has 2 N–H and O–H groups in total. The number of benzene rings is 2. The van der Waals surface area contributed by atoms with E-state index in [1.54, 1.807) is 36.4 Å². The summed E-state index contributed by atoms with van der Waals surface area (Å²) in [6.07, 6.45) is 1.70. The van der Waals surface area contributed by atoms with Crippen molar-refractivity contribution in [3.8, 4) is 0 Å². The summed E-state index contributed by atoms with van der Waals surface area (Å²) in [5, 5.41) is 7.21. The van der Waals surface area contributed by atoms with Crippen LogP contribution in [0.2, 0.25) is 20.1 Å². The van der Waals surface area contributed by atoms with E-state index in [4.69, 9.17) is 46.4 Å². The van der Waals surface area contributed by atoms with Crippen LogP contribution >= 0.6 is 46.4 Å². The van der Waals surface area contributed by atoms with Gasteiger partial charge in [0.05, 0.1) is 31.2 Å². The summed E-state index contributed by atoms with van der Waals surface area (Å²) >= 11 is 24.3. The maximum Gasteiger partial charge on any atom is 0.254 e. The molecule has 0 aliphatic carbocycles. The molecule has 0 radical (unpaired) electrons. The molecule has 0 unspecified atom stereocenters. The Morgan fingerprint density at radius 1 is 0.647 bits per heavy atom. The minimum absolute atomic E-state index is 0.246. The molecule has 0 saturated carbocycles. The molecular formula is C24H28Cl4N4O2. The summed E-state index contributed by atoms with van der Waals surface area (Å²) in [5.74, 6) is -0.492. The topological polar surface area (TPSA) is 64.7 Å². The third-order valence-corrected chi connectivity index (χ3v) is 6.98. The summed E-state index contributed by atoms with van der Waals surface area (Å²) in [6.45, 7) is 6.87. The average Bonchev–Trinajstić information content (AvgIpc) is 2.80. The molecule has 6 nitrogen and oxygen atoms in total. The van der Waals surface area contributed by atoms with E-state index in [1.807, 2.05) is 0 Å². The zero-order chi connectivity index (χ0) is 24.5. The number of nitrogens with one attached hydrogen (secondary N) is 2. The average molecular weight is 546 g/mol. The number of hydrogen-bond donors (Lipinski definition) is 2. The Balaban J connectivity index is 1.27. The maximum atomic E-state index is 12.3. The molecule has 1 heterocycles. The second-order valence-corrected chi connectivity index (χ2v) is 9.72. The van der Waals surface area contributed by atoms with Crippen molar-refractivity contribution in [1.29, 1.82) is 0 Å². The van der Waals surface area contributed by atoms with Crippen LogP contribution in [0.25, 0.3) is 0 Å². The highest BCUT2D eigenvalue weighted by atomic mass is 35.5. The van der Waals surface area contributed by atoms with Crippen LogP contribution in [0, 0.1) is 0 Å². The Morgan fingerprint density at radius 2 is 0.971 bits per heavy atom. The smallest absolute Gasteiger partial charge is 0.254 e. The van der Waals surface area contributed by atoms with Crippen molar-refractivity contribution in [3.05, 3.63) is 67.6 Å². The summed E-state index contributed by atoms with van der Waals surface area (Å²) in [5.41, 5.74) is 0.649. The number of halogens is 4. The Bertz CT molecular complexity index is 877. The van der Waals surface area contributed by atoms with Crippen LogP contribution in [0.15, 0.2) is 36.4 Å². The van der Waals surface area contributed by atoms with Crippen molar-refractivity contribution in [1.82, 2.24) is 20.4 Å². The van der Waals surface area contributed by atoms with Crippen LogP contribution in [0.5, 0.6) is 0 Å². The molecule has 0 bridgehead atoms. The summed E-state index contributed by atoms with van der Waals surface area (Å²) in [6, 6.07) is 10.1. The van der Waals surface area contributed by atoms with E-state index in [0.29, 0.717) is 44.3 Å². The van der Waals surface area contributed by atoms with E-state index >= 15 is 0 Å². The molecule has 0 aromatic heterocycles. The van der Waals surface area contributed by atoms with Crippen molar-refractivity contribution in [3.63, 3.8) is 0 Å². The summed E-state index contributed by atoms with van der Waals surface area (Å²) in [4.78, 5) is 29.4. The van der Waals surface area contributed by atoms with Gasteiger partial charge in [0, 0.05) is 39.3 Å². The molecule has 1 aliphatic heterocycles. The largest absolute Gasteiger partial charge is 0.352 e. The summed E-state index contributed by atoms with van der Waals surface area (Å²) < 4.78 is 0. The third-order valence-electron chi connectivity index (χ3n) is 5.72. The van der Waals surface area contributed by atoms with Gasteiger partial charge in [-0.15, -0.1) is 0 Å². The molecule has 2 aromatic rings. The van der Waals surface area contributed by atoms with E-state index in [2.05, 4.69) is 20.4 Å². The van der Waals surface area contributed by atoms with Crippen LogP contribution in [0.1, 0.15) is 33.6 Å². The first kappa shape index (κ1) is 27.1. The monoisotopic (exact) mass is 544 g/mol. The minimum Gasteiger partial charge on any atom is -0.352 e. The Labute approximate surface area is 220 Å². The number of rotatable bonds is 10. The minimum atomic E-state index is -0.246. The molecule has 10 heteroatoms. The summed E-state index contributed by atoms with van der Waals surface area (Å²) in [7, 11) is 0. The lowest BCUT2D eigenvalue weighted by atomic mass is 10.2. The van der Waals surface area contributed by atoms with Crippen molar-refractivity contribution in [2.45, 2.75) is 12.8 Å². The van der Waals surface area contributed by atoms with Gasteiger partial charge in [0.25, 0.3) is 11.8 Å². The molecule has 1 saturated heterocycles. The lowest BCUT2D eigenvalue weighted by Gasteiger charge is -2.34. The Hall–Kier alpha value is -1.54. The van der Waals surface area contributed by atoms with Crippen LogP contribution in [0.4, 0.5) is 0 Å². The highest BCUT2D eigenvalue weighted by molar-refractivity contribution is 6.40. The van der Waals surface area contributed by atoms with Crippen molar-refractivity contribution >= 4 is 58.2 Å². The quantitative estimate of drug-likeness (QED) is 0.418. The van der Waals surface area contributed by atoms with Crippen molar-refractivity contribution in [2.24, 2.45) is 0 Å². The van der Waals surface area contributed by atoms with Gasteiger partial charge in [0.2, 0.25) is 0 Å². The maximum absolute atomic E-state index is 12.3. The molecule has 1 aliphatic rings. The second-order valence-electron chi connectivity index (χ2n) is 8.10. The van der Waals surface area contributed by atoms with E-state index in [0.717, 1.165) is 52.1 Å². The fourth-order valence-electron chi connectivity index (χ4n) is 3.85. The molecule has 184 valence electrons. The van der Waals surface area contributed by atoms with Gasteiger partial charge < -0.3 is 20.4 Å². The first-order valence-electron chi connectivity index (χ1n) is 11.3. The van der Waals surface area contributed by atoms with Gasteiger partial charge in [-0.05, 0) is 50.2 Å².